The van der Waals surface area contributed by atoms with Crippen molar-refractivity contribution in [2.45, 2.75) is 12.1 Å². The van der Waals surface area contributed by atoms with Gasteiger partial charge in [0.2, 0.25) is 6.10 Å². The largest absolute Gasteiger partial charge is 0.433 e. The summed E-state index contributed by atoms with van der Waals surface area (Å²) in [6.45, 7) is 0. The minimum absolute atomic E-state index is 0.557. The normalized spacial score (nSPS) is 20.7. The molecule has 2 amide bonds. The number of rotatable bonds is 3. The first kappa shape index (κ1) is 13.2. The molecule has 0 unspecified atom stereocenters. The van der Waals surface area contributed by atoms with E-state index in [1.807, 2.05) is 54.6 Å². The molecule has 3 rings (SSSR count). The molecule has 106 valence electrons. The fourth-order valence-electron chi connectivity index (χ4n) is 2.44. The van der Waals surface area contributed by atoms with Crippen molar-refractivity contribution < 1.29 is 14.3 Å². The maximum absolute atomic E-state index is 11.4. The zero-order chi connectivity index (χ0) is 14.8. The Bertz CT molecular complexity index is 685. The average molecular weight is 282 g/mol. The predicted octanol–water partition coefficient (Wildman–Crippen LogP) is 1.99. The number of nitrogens with one attached hydrogen (secondary N) is 1. The Morgan fingerprint density at radius 2 is 1.76 bits per heavy atom. The molecule has 3 N–H and O–H groups in total. The molecule has 1 saturated heterocycles. The second kappa shape index (κ2) is 5.28. The smallest absolute Gasteiger partial charge is 0.408 e. The van der Waals surface area contributed by atoms with E-state index in [1.54, 1.807) is 0 Å². The molecule has 1 fully saturated rings. The van der Waals surface area contributed by atoms with Gasteiger partial charge < -0.3 is 15.8 Å². The van der Waals surface area contributed by atoms with Gasteiger partial charge in [-0.2, -0.15) is 0 Å². The van der Waals surface area contributed by atoms with Crippen molar-refractivity contribution >= 4 is 12.0 Å². The van der Waals surface area contributed by atoms with Crippen molar-refractivity contribution in [2.75, 3.05) is 0 Å². The van der Waals surface area contributed by atoms with E-state index in [9.17, 15) is 9.59 Å². The van der Waals surface area contributed by atoms with E-state index < -0.39 is 24.1 Å². The molecular formula is C16H14N2O3. The number of nitrogens with two attached hydrogens (primary N) is 1. The molecule has 0 bridgehead atoms. The number of ether oxygens (including phenoxy) is 1. The lowest BCUT2D eigenvalue weighted by Gasteiger charge is -2.15. The van der Waals surface area contributed by atoms with Crippen LogP contribution < -0.4 is 11.1 Å². The van der Waals surface area contributed by atoms with Gasteiger partial charge in [0.05, 0.1) is 0 Å². The highest BCUT2D eigenvalue weighted by Crippen LogP contribution is 2.28. The predicted molar refractivity (Wildman–Crippen MR) is 77.2 cm³/mol. The molecule has 0 aliphatic carbocycles. The highest BCUT2D eigenvalue weighted by atomic mass is 16.6. The number of carbonyl (C=O) groups is 2. The fraction of sp³-hybridized carbons (Fsp3) is 0.125. The monoisotopic (exact) mass is 282 g/mol. The van der Waals surface area contributed by atoms with Gasteiger partial charge in [-0.25, -0.2) is 4.79 Å². The van der Waals surface area contributed by atoms with Crippen LogP contribution in [0.1, 0.15) is 11.6 Å². The summed E-state index contributed by atoms with van der Waals surface area (Å²) in [5, 5.41) is 2.62. The SMILES string of the molecule is NC(=O)[C@H]1OC(=O)N[C@@H]1c1cccc(-c2ccccc2)c1. The minimum Gasteiger partial charge on any atom is -0.433 e. The second-order valence-corrected chi connectivity index (χ2v) is 4.84. The van der Waals surface area contributed by atoms with Gasteiger partial charge in [-0.05, 0) is 22.8 Å². The van der Waals surface area contributed by atoms with Crippen LogP contribution in [0.25, 0.3) is 11.1 Å². The molecule has 1 aliphatic rings. The number of benzene rings is 2. The van der Waals surface area contributed by atoms with Crippen molar-refractivity contribution in [3.8, 4) is 11.1 Å². The first-order valence-corrected chi connectivity index (χ1v) is 6.57. The molecule has 0 radical (unpaired) electrons. The van der Waals surface area contributed by atoms with E-state index in [-0.39, 0.29) is 0 Å². The summed E-state index contributed by atoms with van der Waals surface area (Å²) in [5.74, 6) is -0.663. The van der Waals surface area contributed by atoms with Gasteiger partial charge in [0, 0.05) is 0 Å². The van der Waals surface area contributed by atoms with Crippen LogP contribution in [0.5, 0.6) is 0 Å². The van der Waals surface area contributed by atoms with Gasteiger partial charge >= 0.3 is 6.09 Å². The summed E-state index contributed by atoms with van der Waals surface area (Å²) in [7, 11) is 0. The third-order valence-electron chi connectivity index (χ3n) is 3.44. The summed E-state index contributed by atoms with van der Waals surface area (Å²) >= 11 is 0. The molecule has 0 aromatic heterocycles. The lowest BCUT2D eigenvalue weighted by Crippen LogP contribution is -2.34. The van der Waals surface area contributed by atoms with E-state index in [0.717, 1.165) is 16.7 Å². The molecule has 2 aromatic carbocycles. The Hall–Kier alpha value is -2.82. The van der Waals surface area contributed by atoms with Gasteiger partial charge in [0.25, 0.3) is 5.91 Å². The van der Waals surface area contributed by atoms with Crippen molar-refractivity contribution in [1.82, 2.24) is 5.32 Å². The molecule has 2 atom stereocenters. The third-order valence-corrected chi connectivity index (χ3v) is 3.44. The van der Waals surface area contributed by atoms with Crippen LogP contribution in [-0.4, -0.2) is 18.1 Å². The van der Waals surface area contributed by atoms with Gasteiger partial charge in [0.15, 0.2) is 0 Å². The Labute approximate surface area is 121 Å². The van der Waals surface area contributed by atoms with E-state index >= 15 is 0 Å². The van der Waals surface area contributed by atoms with Gasteiger partial charge in [0.1, 0.15) is 6.04 Å². The Morgan fingerprint density at radius 1 is 1.05 bits per heavy atom. The number of hydrogen-bond donors (Lipinski definition) is 2. The van der Waals surface area contributed by atoms with Crippen LogP contribution >= 0.6 is 0 Å². The third kappa shape index (κ3) is 2.58. The second-order valence-electron chi connectivity index (χ2n) is 4.84. The van der Waals surface area contributed by atoms with E-state index in [0.29, 0.717) is 0 Å². The van der Waals surface area contributed by atoms with Crippen LogP contribution in [0.4, 0.5) is 4.79 Å². The maximum Gasteiger partial charge on any atom is 0.408 e. The lowest BCUT2D eigenvalue weighted by molar-refractivity contribution is -0.125. The van der Waals surface area contributed by atoms with E-state index in [1.165, 1.54) is 0 Å². The average Bonchev–Trinajstić information content (AvgIpc) is 2.91. The van der Waals surface area contributed by atoms with Gasteiger partial charge in [-0.1, -0.05) is 48.5 Å². The number of carbonyl (C=O) groups excluding carboxylic acids is 2. The summed E-state index contributed by atoms with van der Waals surface area (Å²) in [4.78, 5) is 22.7. The Balaban J connectivity index is 1.96. The molecule has 5 nitrogen and oxygen atoms in total. The number of hydrogen-bond acceptors (Lipinski definition) is 3. The Morgan fingerprint density at radius 3 is 2.48 bits per heavy atom. The van der Waals surface area contributed by atoms with Crippen LogP contribution in [0.15, 0.2) is 54.6 Å². The number of primary amides is 1. The molecule has 21 heavy (non-hydrogen) atoms. The zero-order valence-corrected chi connectivity index (χ0v) is 11.2. The number of amides is 2. The lowest BCUT2D eigenvalue weighted by atomic mass is 9.97. The molecule has 0 spiro atoms. The summed E-state index contributed by atoms with van der Waals surface area (Å²) in [5.41, 5.74) is 8.12. The van der Waals surface area contributed by atoms with E-state index in [2.05, 4.69) is 5.32 Å². The summed E-state index contributed by atoms with van der Waals surface area (Å²) < 4.78 is 4.91. The van der Waals surface area contributed by atoms with Crippen molar-refractivity contribution in [2.24, 2.45) is 5.73 Å². The van der Waals surface area contributed by atoms with Crippen LogP contribution in [0, 0.1) is 0 Å². The van der Waals surface area contributed by atoms with E-state index in [4.69, 9.17) is 10.5 Å². The van der Waals surface area contributed by atoms with Crippen molar-refractivity contribution in [3.63, 3.8) is 0 Å². The van der Waals surface area contributed by atoms with Crippen molar-refractivity contribution in [3.05, 3.63) is 60.2 Å². The topological polar surface area (TPSA) is 81.4 Å². The minimum atomic E-state index is -0.983. The fourth-order valence-corrected chi connectivity index (χ4v) is 2.44. The molecule has 5 heteroatoms. The molecule has 0 saturated carbocycles. The summed E-state index contributed by atoms with van der Waals surface area (Å²) in [6, 6.07) is 16.9. The quantitative estimate of drug-likeness (QED) is 0.903. The maximum atomic E-state index is 11.4. The standard InChI is InChI=1S/C16H14N2O3/c17-15(19)14-13(18-16(20)21-14)12-8-4-7-11(9-12)10-5-2-1-3-6-10/h1-9,13-14H,(H2,17,19)(H,18,20)/t13-,14+/m1/s1. The zero-order valence-electron chi connectivity index (χ0n) is 11.2. The van der Waals surface area contributed by atoms with Crippen LogP contribution in [0.2, 0.25) is 0 Å². The molecule has 1 heterocycles. The first-order valence-electron chi connectivity index (χ1n) is 6.57. The molecular weight excluding hydrogens is 268 g/mol. The number of alkyl carbamates (subject to hydrolysis) is 1. The first-order chi connectivity index (χ1) is 10.1. The van der Waals surface area contributed by atoms with Crippen molar-refractivity contribution in [1.29, 1.82) is 0 Å². The Kier molecular flexibility index (Phi) is 3.31. The molecule has 2 aromatic rings. The van der Waals surface area contributed by atoms with Gasteiger partial charge in [-0.3, -0.25) is 4.79 Å². The highest BCUT2D eigenvalue weighted by Gasteiger charge is 2.39. The molecule has 1 aliphatic heterocycles. The van der Waals surface area contributed by atoms with Crippen LogP contribution in [-0.2, 0) is 9.53 Å². The van der Waals surface area contributed by atoms with Gasteiger partial charge in [-0.15, -0.1) is 0 Å². The number of cyclic esters (lactones) is 1. The highest BCUT2D eigenvalue weighted by molar-refractivity contribution is 5.86. The summed E-state index contributed by atoms with van der Waals surface area (Å²) in [6.07, 6.45) is -1.61. The van der Waals surface area contributed by atoms with Crippen LogP contribution in [0.3, 0.4) is 0 Å².